The van der Waals surface area contributed by atoms with Crippen LogP contribution in [-0.2, 0) is 10.0 Å². The van der Waals surface area contributed by atoms with Crippen LogP contribution in [0.3, 0.4) is 0 Å². The predicted molar refractivity (Wildman–Crippen MR) is 101 cm³/mol. The molecule has 0 spiro atoms. The number of hydrogen-bond donors (Lipinski definition) is 2. The van der Waals surface area contributed by atoms with Crippen molar-refractivity contribution in [3.05, 3.63) is 65.9 Å². The van der Waals surface area contributed by atoms with Crippen LogP contribution in [0.5, 0.6) is 5.75 Å². The molecule has 0 aliphatic rings. The Balaban J connectivity index is 1.90. The van der Waals surface area contributed by atoms with Gasteiger partial charge in [-0.05, 0) is 42.5 Å². The maximum Gasteiger partial charge on any atom is 0.280 e. The van der Waals surface area contributed by atoms with Crippen molar-refractivity contribution in [3.63, 3.8) is 0 Å². The normalized spacial score (nSPS) is 10.9. The quantitative estimate of drug-likeness (QED) is 0.669. The minimum Gasteiger partial charge on any atom is -0.497 e. The van der Waals surface area contributed by atoms with Gasteiger partial charge in [-0.25, -0.2) is 8.42 Å². The molecule has 0 aliphatic heterocycles. The highest BCUT2D eigenvalue weighted by molar-refractivity contribution is 7.92. The van der Waals surface area contributed by atoms with E-state index in [1.807, 2.05) is 6.07 Å². The zero-order valence-electron chi connectivity index (χ0n) is 14.7. The van der Waals surface area contributed by atoms with E-state index in [1.54, 1.807) is 24.3 Å². The van der Waals surface area contributed by atoms with Crippen LogP contribution < -0.4 is 15.2 Å². The van der Waals surface area contributed by atoms with Crippen LogP contribution in [0.25, 0.3) is 0 Å². The highest BCUT2D eigenvalue weighted by Gasteiger charge is 2.20. The van der Waals surface area contributed by atoms with Crippen molar-refractivity contribution in [2.75, 3.05) is 17.6 Å². The number of anilines is 2. The predicted octanol–water partition coefficient (Wildman–Crippen LogP) is 1.83. The Morgan fingerprint density at radius 2 is 1.96 bits per heavy atom. The van der Waals surface area contributed by atoms with Crippen LogP contribution in [0.4, 0.5) is 11.5 Å². The number of nitrogen functional groups attached to an aromatic ring is 1. The van der Waals surface area contributed by atoms with Crippen molar-refractivity contribution >= 4 is 27.4 Å². The van der Waals surface area contributed by atoms with Gasteiger partial charge < -0.3 is 10.5 Å². The maximum absolute atomic E-state index is 12.6. The first-order valence-corrected chi connectivity index (χ1v) is 9.39. The fraction of sp³-hybridized carbons (Fsp3) is 0.0556. The molecule has 3 aromatic rings. The van der Waals surface area contributed by atoms with Gasteiger partial charge in [0.15, 0.2) is 0 Å². The van der Waals surface area contributed by atoms with Gasteiger partial charge in [0.1, 0.15) is 23.2 Å². The molecule has 0 saturated carbocycles. The van der Waals surface area contributed by atoms with Crippen molar-refractivity contribution < 1.29 is 17.9 Å². The van der Waals surface area contributed by atoms with Gasteiger partial charge >= 0.3 is 0 Å². The molecule has 3 N–H and O–H groups in total. The van der Waals surface area contributed by atoms with Crippen molar-refractivity contribution in [2.24, 2.45) is 0 Å². The molecule has 0 aliphatic carbocycles. The third kappa shape index (κ3) is 3.65. The van der Waals surface area contributed by atoms with Crippen molar-refractivity contribution in [2.45, 2.75) is 4.90 Å². The number of aromatic nitrogens is 2. The van der Waals surface area contributed by atoms with Crippen molar-refractivity contribution in [1.82, 2.24) is 9.78 Å². The molecule has 0 saturated heterocycles. The van der Waals surface area contributed by atoms with E-state index in [0.29, 0.717) is 11.4 Å². The summed E-state index contributed by atoms with van der Waals surface area (Å²) >= 11 is 0. The van der Waals surface area contributed by atoms with Crippen LogP contribution in [0.15, 0.2) is 59.6 Å². The van der Waals surface area contributed by atoms with Crippen molar-refractivity contribution in [3.8, 4) is 11.8 Å². The molecule has 1 aromatic heterocycles. The number of nitrogens with one attached hydrogen (secondary N) is 1. The smallest absolute Gasteiger partial charge is 0.280 e. The fourth-order valence-electron chi connectivity index (χ4n) is 2.40. The van der Waals surface area contributed by atoms with E-state index in [0.717, 1.165) is 4.68 Å². The zero-order chi connectivity index (χ0) is 20.3. The summed E-state index contributed by atoms with van der Waals surface area (Å²) in [6.45, 7) is 0. The van der Waals surface area contributed by atoms with Crippen LogP contribution in [0.2, 0.25) is 0 Å². The van der Waals surface area contributed by atoms with Gasteiger partial charge in [0.05, 0.1) is 18.2 Å². The second kappa shape index (κ2) is 7.42. The van der Waals surface area contributed by atoms with Gasteiger partial charge in [0.25, 0.3) is 15.9 Å². The number of nitriles is 1. The Morgan fingerprint density at radius 1 is 1.25 bits per heavy atom. The summed E-state index contributed by atoms with van der Waals surface area (Å²) in [7, 11) is -2.43. The largest absolute Gasteiger partial charge is 0.497 e. The summed E-state index contributed by atoms with van der Waals surface area (Å²) in [6.07, 6.45) is 1.17. The second-order valence-electron chi connectivity index (χ2n) is 5.63. The molecule has 3 rings (SSSR count). The van der Waals surface area contributed by atoms with Gasteiger partial charge in [-0.2, -0.15) is 15.0 Å². The lowest BCUT2D eigenvalue weighted by Gasteiger charge is -2.10. The van der Waals surface area contributed by atoms with Crippen LogP contribution in [0.1, 0.15) is 15.9 Å². The number of nitrogens with two attached hydrogens (primary N) is 1. The molecule has 2 aromatic carbocycles. The molecule has 0 bridgehead atoms. The van der Waals surface area contributed by atoms with Gasteiger partial charge in [-0.15, -0.1) is 0 Å². The first-order valence-electron chi connectivity index (χ1n) is 7.91. The van der Waals surface area contributed by atoms with Crippen LogP contribution >= 0.6 is 0 Å². The van der Waals surface area contributed by atoms with E-state index in [-0.39, 0.29) is 21.8 Å². The lowest BCUT2D eigenvalue weighted by molar-refractivity contribution is 0.0947. The SMILES string of the molecule is COc1ccc(NS(=O)(=O)c2cccc(C(=O)n3ncc(C#N)c3N)c2)cc1. The fourth-order valence-corrected chi connectivity index (χ4v) is 3.50. The summed E-state index contributed by atoms with van der Waals surface area (Å²) in [5.74, 6) is -0.179. The Morgan fingerprint density at radius 3 is 2.57 bits per heavy atom. The molecular formula is C18H15N5O4S. The molecule has 0 fully saturated rings. The summed E-state index contributed by atoms with van der Waals surface area (Å²) in [4.78, 5) is 12.5. The molecule has 0 atom stereocenters. The molecule has 28 heavy (non-hydrogen) atoms. The molecular weight excluding hydrogens is 382 g/mol. The number of carbonyl (C=O) groups excluding carboxylic acids is 1. The van der Waals surface area contributed by atoms with Crippen LogP contribution in [0, 0.1) is 11.3 Å². The van der Waals surface area contributed by atoms with E-state index in [1.165, 1.54) is 37.6 Å². The van der Waals surface area contributed by atoms with Gasteiger partial charge in [-0.1, -0.05) is 6.07 Å². The first kappa shape index (κ1) is 18.9. The first-order chi connectivity index (χ1) is 13.4. The molecule has 142 valence electrons. The average Bonchev–Trinajstić information content (AvgIpc) is 3.08. The van der Waals surface area contributed by atoms with E-state index >= 15 is 0 Å². The standard InChI is InChI=1S/C18H15N5O4S/c1-27-15-7-5-14(6-8-15)22-28(25,26)16-4-2-3-12(9-16)18(24)23-17(20)13(10-19)11-21-23/h2-9,11,22H,20H2,1H3. The molecule has 10 heteroatoms. The average molecular weight is 397 g/mol. The summed E-state index contributed by atoms with van der Waals surface area (Å²) in [5.41, 5.74) is 6.17. The minimum absolute atomic E-state index is 0.0527. The second-order valence-corrected chi connectivity index (χ2v) is 7.32. The molecule has 0 radical (unpaired) electrons. The van der Waals surface area contributed by atoms with E-state index < -0.39 is 15.9 Å². The number of rotatable bonds is 5. The lowest BCUT2D eigenvalue weighted by atomic mass is 10.2. The van der Waals surface area contributed by atoms with Gasteiger partial charge in [0, 0.05) is 11.3 Å². The third-order valence-electron chi connectivity index (χ3n) is 3.85. The van der Waals surface area contributed by atoms with Crippen LogP contribution in [-0.4, -0.2) is 31.2 Å². The molecule has 0 amide bonds. The van der Waals surface area contributed by atoms with Gasteiger partial charge in [-0.3, -0.25) is 9.52 Å². The highest BCUT2D eigenvalue weighted by atomic mass is 32.2. The molecule has 1 heterocycles. The zero-order valence-corrected chi connectivity index (χ0v) is 15.5. The number of benzene rings is 2. The highest BCUT2D eigenvalue weighted by Crippen LogP contribution is 2.21. The van der Waals surface area contributed by atoms with Gasteiger partial charge in [0.2, 0.25) is 0 Å². The summed E-state index contributed by atoms with van der Waals surface area (Å²) in [5, 5.41) is 12.7. The number of nitrogens with zero attached hydrogens (tertiary/aromatic N) is 3. The Bertz CT molecular complexity index is 1180. The van der Waals surface area contributed by atoms with E-state index in [4.69, 9.17) is 15.7 Å². The third-order valence-corrected chi connectivity index (χ3v) is 5.23. The topological polar surface area (TPSA) is 140 Å². The summed E-state index contributed by atoms with van der Waals surface area (Å²) in [6, 6.07) is 13.6. The number of ether oxygens (including phenoxy) is 1. The Kier molecular flexibility index (Phi) is 5.02. The Labute approximate surface area is 161 Å². The number of carbonyl (C=O) groups is 1. The van der Waals surface area contributed by atoms with E-state index in [2.05, 4.69) is 9.82 Å². The number of sulfonamides is 1. The minimum atomic E-state index is -3.94. The van der Waals surface area contributed by atoms with Crippen molar-refractivity contribution in [1.29, 1.82) is 5.26 Å². The molecule has 9 nitrogen and oxygen atoms in total. The number of hydrogen-bond acceptors (Lipinski definition) is 7. The molecule has 0 unspecified atom stereocenters. The van der Waals surface area contributed by atoms with E-state index in [9.17, 15) is 13.2 Å². The Hall–Kier alpha value is -3.84. The maximum atomic E-state index is 12.6. The monoisotopic (exact) mass is 397 g/mol. The lowest BCUT2D eigenvalue weighted by Crippen LogP contribution is -2.18. The summed E-state index contributed by atoms with van der Waals surface area (Å²) < 4.78 is 33.6. The number of methoxy groups -OCH3 is 1.